The second kappa shape index (κ2) is 6.14. The molecule has 2 atom stereocenters. The molecule has 1 aliphatic rings. The van der Waals surface area contributed by atoms with E-state index in [1.54, 1.807) is 31.3 Å². The average Bonchev–Trinajstić information content (AvgIpc) is 2.85. The van der Waals surface area contributed by atoms with Crippen molar-refractivity contribution >= 4 is 12.0 Å². The molecule has 3 N–H and O–H groups in total. The van der Waals surface area contributed by atoms with Crippen LogP contribution >= 0.6 is 0 Å². The molecule has 2 unspecified atom stereocenters. The predicted octanol–water partition coefficient (Wildman–Crippen LogP) is 0.614. The highest BCUT2D eigenvalue weighted by Crippen LogP contribution is 2.17. The Kier molecular flexibility index (Phi) is 4.29. The van der Waals surface area contributed by atoms with E-state index in [9.17, 15) is 9.59 Å². The summed E-state index contributed by atoms with van der Waals surface area (Å²) in [5.74, 6) is -0.750. The maximum Gasteiger partial charge on any atom is 0.315 e. The molecule has 0 aliphatic heterocycles. The topological polar surface area (TPSA) is 104 Å². The van der Waals surface area contributed by atoms with Gasteiger partial charge in [0.05, 0.1) is 24.2 Å². The van der Waals surface area contributed by atoms with E-state index in [1.165, 1.54) is 0 Å². The smallest absolute Gasteiger partial charge is 0.315 e. The van der Waals surface area contributed by atoms with E-state index < -0.39 is 11.9 Å². The van der Waals surface area contributed by atoms with Gasteiger partial charge in [-0.15, -0.1) is 0 Å². The molecule has 1 aliphatic carbocycles. The Morgan fingerprint density at radius 1 is 1.45 bits per heavy atom. The molecule has 2 rings (SSSR count). The normalized spacial score (nSPS) is 20.6. The van der Waals surface area contributed by atoms with Gasteiger partial charge in [0, 0.05) is 6.20 Å². The number of nitrogens with one attached hydrogen (secondary N) is 2. The highest BCUT2D eigenvalue weighted by Gasteiger charge is 2.25. The number of aromatic nitrogens is 2. The Labute approximate surface area is 116 Å². The van der Waals surface area contributed by atoms with Gasteiger partial charge in [-0.05, 0) is 19.4 Å². The Morgan fingerprint density at radius 2 is 2.25 bits per heavy atom. The summed E-state index contributed by atoms with van der Waals surface area (Å²) in [6.45, 7) is 2.08. The molecule has 0 saturated heterocycles. The first-order valence-corrected chi connectivity index (χ1v) is 6.28. The lowest BCUT2D eigenvalue weighted by Gasteiger charge is -2.13. The number of carbonyl (C=O) groups excluding carboxylic acids is 1. The monoisotopic (exact) mass is 276 g/mol. The van der Waals surface area contributed by atoms with E-state index in [-0.39, 0.29) is 12.1 Å². The van der Waals surface area contributed by atoms with Crippen LogP contribution < -0.4 is 10.6 Å². The van der Waals surface area contributed by atoms with Crippen LogP contribution in [0.25, 0.3) is 0 Å². The third-order valence-electron chi connectivity index (χ3n) is 2.98. The number of carboxylic acids is 1. The van der Waals surface area contributed by atoms with E-state index in [1.807, 2.05) is 0 Å². The molecular weight excluding hydrogens is 260 g/mol. The second-order valence-electron chi connectivity index (χ2n) is 4.59. The van der Waals surface area contributed by atoms with E-state index in [4.69, 9.17) is 5.11 Å². The average molecular weight is 276 g/mol. The van der Waals surface area contributed by atoms with Crippen LogP contribution in [-0.2, 0) is 11.3 Å². The highest BCUT2D eigenvalue weighted by atomic mass is 16.4. The SMILES string of the molecule is Cc1nccc(CNC(=O)NC2C=CC(C(=O)O)C2)n1. The number of aliphatic carboxylic acids is 1. The van der Waals surface area contributed by atoms with Crippen molar-refractivity contribution < 1.29 is 14.7 Å². The number of nitrogens with zero attached hydrogens (tertiary/aromatic N) is 2. The van der Waals surface area contributed by atoms with Crippen LogP contribution in [0, 0.1) is 12.8 Å². The van der Waals surface area contributed by atoms with Crippen LogP contribution in [-0.4, -0.2) is 33.1 Å². The van der Waals surface area contributed by atoms with E-state index in [0.717, 1.165) is 5.69 Å². The zero-order valence-electron chi connectivity index (χ0n) is 11.0. The minimum absolute atomic E-state index is 0.247. The van der Waals surface area contributed by atoms with Gasteiger partial charge in [0.25, 0.3) is 0 Å². The van der Waals surface area contributed by atoms with Crippen molar-refractivity contribution in [1.29, 1.82) is 0 Å². The maximum absolute atomic E-state index is 11.7. The van der Waals surface area contributed by atoms with Crippen molar-refractivity contribution in [2.75, 3.05) is 0 Å². The Hall–Kier alpha value is -2.44. The fourth-order valence-corrected chi connectivity index (χ4v) is 1.98. The third-order valence-corrected chi connectivity index (χ3v) is 2.98. The molecule has 7 nitrogen and oxygen atoms in total. The molecule has 20 heavy (non-hydrogen) atoms. The summed E-state index contributed by atoms with van der Waals surface area (Å²) in [6.07, 6.45) is 5.32. The third kappa shape index (κ3) is 3.78. The molecular formula is C13H16N4O3. The predicted molar refractivity (Wildman–Crippen MR) is 70.8 cm³/mol. The van der Waals surface area contributed by atoms with Crippen molar-refractivity contribution in [2.45, 2.75) is 25.9 Å². The van der Waals surface area contributed by atoms with Gasteiger partial charge in [0.15, 0.2) is 0 Å². The highest BCUT2D eigenvalue weighted by molar-refractivity contribution is 5.76. The van der Waals surface area contributed by atoms with Gasteiger partial charge in [-0.2, -0.15) is 0 Å². The van der Waals surface area contributed by atoms with E-state index >= 15 is 0 Å². The first-order valence-electron chi connectivity index (χ1n) is 6.28. The van der Waals surface area contributed by atoms with Gasteiger partial charge < -0.3 is 15.7 Å². The molecule has 1 heterocycles. The van der Waals surface area contributed by atoms with Gasteiger partial charge in [-0.1, -0.05) is 12.2 Å². The van der Waals surface area contributed by atoms with Crippen LogP contribution in [0.1, 0.15) is 17.9 Å². The van der Waals surface area contributed by atoms with Crippen LogP contribution in [0.3, 0.4) is 0 Å². The lowest BCUT2D eigenvalue weighted by molar-refractivity contribution is -0.140. The minimum atomic E-state index is -0.873. The number of amides is 2. The van der Waals surface area contributed by atoms with Gasteiger partial charge in [-0.3, -0.25) is 4.79 Å². The summed E-state index contributed by atoms with van der Waals surface area (Å²) in [4.78, 5) is 30.6. The summed E-state index contributed by atoms with van der Waals surface area (Å²) in [5.41, 5.74) is 0.720. The number of urea groups is 1. The first kappa shape index (κ1) is 14.0. The number of aryl methyl sites for hydroxylation is 1. The zero-order valence-corrected chi connectivity index (χ0v) is 11.0. The zero-order chi connectivity index (χ0) is 14.5. The summed E-state index contributed by atoms with van der Waals surface area (Å²) >= 11 is 0. The molecule has 0 spiro atoms. The van der Waals surface area contributed by atoms with Crippen molar-refractivity contribution in [3.63, 3.8) is 0 Å². The Morgan fingerprint density at radius 3 is 2.90 bits per heavy atom. The first-order chi connectivity index (χ1) is 9.54. The van der Waals surface area contributed by atoms with Crippen LogP contribution in [0.15, 0.2) is 24.4 Å². The van der Waals surface area contributed by atoms with Crippen molar-refractivity contribution in [3.05, 3.63) is 35.9 Å². The number of carbonyl (C=O) groups is 2. The van der Waals surface area contributed by atoms with E-state index in [0.29, 0.717) is 18.8 Å². The number of carboxylic acid groups (broad SMARTS) is 1. The quantitative estimate of drug-likeness (QED) is 0.699. The minimum Gasteiger partial charge on any atom is -0.481 e. The van der Waals surface area contributed by atoms with Gasteiger partial charge >= 0.3 is 12.0 Å². The lowest BCUT2D eigenvalue weighted by Crippen LogP contribution is -2.40. The Bertz CT molecular complexity index is 544. The molecule has 0 bridgehead atoms. The molecule has 7 heteroatoms. The Balaban J connectivity index is 1.77. The largest absolute Gasteiger partial charge is 0.481 e. The molecule has 106 valence electrons. The molecule has 2 amide bonds. The number of rotatable bonds is 4. The maximum atomic E-state index is 11.7. The molecule has 0 saturated carbocycles. The van der Waals surface area contributed by atoms with Crippen LogP contribution in [0.2, 0.25) is 0 Å². The summed E-state index contributed by atoms with van der Waals surface area (Å²) in [7, 11) is 0. The molecule has 1 aromatic rings. The van der Waals surface area contributed by atoms with Crippen molar-refractivity contribution in [2.24, 2.45) is 5.92 Å². The van der Waals surface area contributed by atoms with Gasteiger partial charge in [0.1, 0.15) is 5.82 Å². The standard InChI is InChI=1S/C13H16N4O3/c1-8-14-5-4-11(16-8)7-15-13(20)17-10-3-2-9(6-10)12(18)19/h2-5,9-10H,6-7H2,1H3,(H,18,19)(H2,15,17,20). The van der Waals surface area contributed by atoms with Crippen LogP contribution in [0.5, 0.6) is 0 Å². The summed E-state index contributed by atoms with van der Waals surface area (Å²) in [6, 6.07) is 1.13. The fraction of sp³-hybridized carbons (Fsp3) is 0.385. The van der Waals surface area contributed by atoms with Crippen LogP contribution in [0.4, 0.5) is 4.79 Å². The molecule has 1 aromatic heterocycles. The number of hydrogen-bond acceptors (Lipinski definition) is 4. The molecule has 0 radical (unpaired) electrons. The second-order valence-corrected chi connectivity index (χ2v) is 4.59. The molecule has 0 aromatic carbocycles. The fourth-order valence-electron chi connectivity index (χ4n) is 1.98. The summed E-state index contributed by atoms with van der Waals surface area (Å²) in [5, 5.41) is 14.2. The van der Waals surface area contributed by atoms with Crippen molar-refractivity contribution in [1.82, 2.24) is 20.6 Å². The number of hydrogen-bond donors (Lipinski definition) is 3. The van der Waals surface area contributed by atoms with Gasteiger partial charge in [-0.25, -0.2) is 14.8 Å². The molecule has 0 fully saturated rings. The lowest BCUT2D eigenvalue weighted by atomic mass is 10.1. The van der Waals surface area contributed by atoms with E-state index in [2.05, 4.69) is 20.6 Å². The van der Waals surface area contributed by atoms with Gasteiger partial charge in [0.2, 0.25) is 0 Å². The summed E-state index contributed by atoms with van der Waals surface area (Å²) < 4.78 is 0. The van der Waals surface area contributed by atoms with Crippen molar-refractivity contribution in [3.8, 4) is 0 Å².